The van der Waals surface area contributed by atoms with E-state index in [9.17, 15) is 9.59 Å². The summed E-state index contributed by atoms with van der Waals surface area (Å²) in [6.45, 7) is 4.12. The summed E-state index contributed by atoms with van der Waals surface area (Å²) in [4.78, 5) is 25.9. The number of carbonyl (C=O) groups is 2. The van der Waals surface area contributed by atoms with E-state index in [0.717, 1.165) is 5.56 Å². The van der Waals surface area contributed by atoms with Gasteiger partial charge in [-0.3, -0.25) is 4.79 Å². The molecule has 0 bridgehead atoms. The predicted octanol–water partition coefficient (Wildman–Crippen LogP) is 1.12. The third-order valence-electron chi connectivity index (χ3n) is 3.93. The fraction of sp³-hybridized carbons (Fsp3) is 0.467. The van der Waals surface area contributed by atoms with E-state index < -0.39 is 12.1 Å². The van der Waals surface area contributed by atoms with Crippen LogP contribution in [0.3, 0.4) is 0 Å². The van der Waals surface area contributed by atoms with Crippen molar-refractivity contribution in [2.45, 2.75) is 42.7 Å². The van der Waals surface area contributed by atoms with Gasteiger partial charge in [0.25, 0.3) is 0 Å². The maximum atomic E-state index is 12.4. The summed E-state index contributed by atoms with van der Waals surface area (Å²) in [5, 5.41) is -0.109. The summed E-state index contributed by atoms with van der Waals surface area (Å²) >= 11 is 1.57. The first kappa shape index (κ1) is 14.4. The molecule has 3 atom stereocenters. The molecule has 2 N–H and O–H groups in total. The van der Waals surface area contributed by atoms with Gasteiger partial charge >= 0.3 is 5.97 Å². The maximum absolute atomic E-state index is 12.4. The summed E-state index contributed by atoms with van der Waals surface area (Å²) in [6.07, 6.45) is 0. The Bertz CT molecular complexity index is 576. The molecule has 2 aliphatic heterocycles. The minimum absolute atomic E-state index is 0.109. The lowest BCUT2D eigenvalue weighted by molar-refractivity contribution is -0.163. The van der Waals surface area contributed by atoms with E-state index in [1.165, 1.54) is 0 Å². The van der Waals surface area contributed by atoms with E-state index in [2.05, 4.69) is 0 Å². The molecule has 0 saturated carbocycles. The summed E-state index contributed by atoms with van der Waals surface area (Å²) in [6, 6.07) is 8.43. The van der Waals surface area contributed by atoms with Crippen LogP contribution in [0.15, 0.2) is 30.3 Å². The van der Waals surface area contributed by atoms with Crippen LogP contribution in [0, 0.1) is 0 Å². The lowest BCUT2D eigenvalue weighted by atomic mass is 9.96. The zero-order valence-electron chi connectivity index (χ0n) is 12.0. The molecule has 3 rings (SSSR count). The van der Waals surface area contributed by atoms with Crippen LogP contribution in [0.2, 0.25) is 0 Å². The Morgan fingerprint density at radius 2 is 2.05 bits per heavy atom. The molecule has 112 valence electrons. The topological polar surface area (TPSA) is 72.6 Å². The predicted molar refractivity (Wildman–Crippen MR) is 80.3 cm³/mol. The zero-order chi connectivity index (χ0) is 15.2. The second kappa shape index (κ2) is 5.03. The number of hydrogen-bond donors (Lipinski definition) is 1. The van der Waals surface area contributed by atoms with Gasteiger partial charge < -0.3 is 15.4 Å². The van der Waals surface area contributed by atoms with Crippen molar-refractivity contribution >= 4 is 23.6 Å². The highest BCUT2D eigenvalue weighted by molar-refractivity contribution is 8.01. The molecule has 6 heteroatoms. The molecule has 1 aromatic carbocycles. The third-order valence-corrected chi connectivity index (χ3v) is 5.52. The van der Waals surface area contributed by atoms with E-state index in [1.807, 2.05) is 44.2 Å². The first-order valence-corrected chi connectivity index (χ1v) is 7.76. The number of amides is 1. The number of hydrogen-bond acceptors (Lipinski definition) is 5. The lowest BCUT2D eigenvalue weighted by Crippen LogP contribution is -2.68. The molecule has 0 radical (unpaired) electrons. The Morgan fingerprint density at radius 1 is 1.38 bits per heavy atom. The van der Waals surface area contributed by atoms with Crippen molar-refractivity contribution in [3.63, 3.8) is 0 Å². The Hall–Kier alpha value is -1.53. The van der Waals surface area contributed by atoms with Crippen molar-refractivity contribution < 1.29 is 14.3 Å². The van der Waals surface area contributed by atoms with E-state index >= 15 is 0 Å². The standard InChI is InChI=1S/C15H18N2O3S/c1-15(2)11(17-12(18)10(16)13(17)21-15)14(19)20-8-9-6-4-3-5-7-9/h3-7,10-11,13H,8,16H2,1-2H3/t10-,11-,13-/m1/s1. The molecule has 1 aromatic rings. The molecule has 5 nitrogen and oxygen atoms in total. The highest BCUT2D eigenvalue weighted by atomic mass is 32.2. The zero-order valence-corrected chi connectivity index (χ0v) is 12.8. The van der Waals surface area contributed by atoms with Crippen molar-refractivity contribution in [3.05, 3.63) is 35.9 Å². The molecular weight excluding hydrogens is 288 g/mol. The maximum Gasteiger partial charge on any atom is 0.330 e. The monoisotopic (exact) mass is 306 g/mol. The van der Waals surface area contributed by atoms with E-state index in [4.69, 9.17) is 10.5 Å². The normalized spacial score (nSPS) is 29.8. The second-order valence-electron chi connectivity index (χ2n) is 5.88. The van der Waals surface area contributed by atoms with Crippen LogP contribution in [0.25, 0.3) is 0 Å². The number of nitrogens with two attached hydrogens (primary N) is 1. The van der Waals surface area contributed by atoms with E-state index in [1.54, 1.807) is 16.7 Å². The SMILES string of the molecule is CC1(C)S[C@@H]2[C@H](N)C(=O)N2[C@@H]1C(=O)OCc1ccccc1. The fourth-order valence-electron chi connectivity index (χ4n) is 2.83. The summed E-state index contributed by atoms with van der Waals surface area (Å²) in [7, 11) is 0. The molecule has 0 aliphatic carbocycles. The number of esters is 1. The van der Waals surface area contributed by atoms with Gasteiger partial charge in [-0.2, -0.15) is 0 Å². The van der Waals surface area contributed by atoms with Crippen LogP contribution in [-0.4, -0.2) is 39.0 Å². The average Bonchev–Trinajstić information content (AvgIpc) is 2.74. The number of rotatable bonds is 3. The first-order chi connectivity index (χ1) is 9.92. The molecule has 21 heavy (non-hydrogen) atoms. The number of β-lactam (4-membered cyclic amide) rings is 1. The number of carbonyl (C=O) groups excluding carboxylic acids is 2. The highest BCUT2D eigenvalue weighted by Crippen LogP contribution is 2.50. The van der Waals surface area contributed by atoms with Gasteiger partial charge in [-0.05, 0) is 19.4 Å². The van der Waals surface area contributed by atoms with Crippen LogP contribution in [0.4, 0.5) is 0 Å². The van der Waals surface area contributed by atoms with Crippen molar-refractivity contribution in [3.8, 4) is 0 Å². The smallest absolute Gasteiger partial charge is 0.330 e. The Kier molecular flexibility index (Phi) is 3.45. The second-order valence-corrected chi connectivity index (χ2v) is 7.65. The van der Waals surface area contributed by atoms with Crippen LogP contribution in [-0.2, 0) is 20.9 Å². The van der Waals surface area contributed by atoms with Crippen molar-refractivity contribution in [1.29, 1.82) is 0 Å². The molecule has 1 amide bonds. The number of ether oxygens (including phenoxy) is 1. The average molecular weight is 306 g/mol. The van der Waals surface area contributed by atoms with Crippen molar-refractivity contribution in [2.75, 3.05) is 0 Å². The summed E-state index contributed by atoms with van der Waals surface area (Å²) in [5.41, 5.74) is 6.72. The quantitative estimate of drug-likeness (QED) is 0.669. The summed E-state index contributed by atoms with van der Waals surface area (Å²) in [5.74, 6) is -0.529. The fourth-order valence-corrected chi connectivity index (χ4v) is 4.39. The van der Waals surface area contributed by atoms with Gasteiger partial charge in [-0.15, -0.1) is 11.8 Å². The molecule has 2 heterocycles. The minimum atomic E-state index is -0.566. The highest BCUT2D eigenvalue weighted by Gasteiger charge is 2.63. The molecular formula is C15H18N2O3S. The van der Waals surface area contributed by atoms with Crippen LogP contribution in [0.1, 0.15) is 19.4 Å². The van der Waals surface area contributed by atoms with Crippen LogP contribution >= 0.6 is 11.8 Å². The van der Waals surface area contributed by atoms with Gasteiger partial charge in [-0.25, -0.2) is 4.79 Å². The Labute approximate surface area is 127 Å². The van der Waals surface area contributed by atoms with E-state index in [-0.39, 0.29) is 28.6 Å². The number of benzene rings is 1. The molecule has 2 saturated heterocycles. The number of fused-ring (bicyclic) bond motifs is 1. The lowest BCUT2D eigenvalue weighted by Gasteiger charge is -2.41. The van der Waals surface area contributed by atoms with Gasteiger partial charge in [0.1, 0.15) is 24.1 Å². The molecule has 0 unspecified atom stereocenters. The summed E-state index contributed by atoms with van der Waals surface area (Å²) < 4.78 is 5.01. The van der Waals surface area contributed by atoms with Gasteiger partial charge in [-0.1, -0.05) is 30.3 Å². The van der Waals surface area contributed by atoms with Crippen LogP contribution in [0.5, 0.6) is 0 Å². The van der Waals surface area contributed by atoms with Gasteiger partial charge in [0.2, 0.25) is 5.91 Å². The van der Waals surface area contributed by atoms with Gasteiger partial charge in [0, 0.05) is 4.75 Å². The molecule has 0 spiro atoms. The van der Waals surface area contributed by atoms with Gasteiger partial charge in [0.05, 0.1) is 0 Å². The van der Waals surface area contributed by atoms with E-state index in [0.29, 0.717) is 0 Å². The Balaban J connectivity index is 1.70. The molecule has 2 fully saturated rings. The third kappa shape index (κ3) is 2.32. The molecule has 2 aliphatic rings. The van der Waals surface area contributed by atoms with Gasteiger partial charge in [0.15, 0.2) is 0 Å². The van der Waals surface area contributed by atoms with Crippen LogP contribution < -0.4 is 5.73 Å². The number of thioether (sulfide) groups is 1. The minimum Gasteiger partial charge on any atom is -0.459 e. The first-order valence-electron chi connectivity index (χ1n) is 6.88. The molecule has 0 aromatic heterocycles. The Morgan fingerprint density at radius 3 is 2.71 bits per heavy atom. The number of nitrogens with zero attached hydrogens (tertiary/aromatic N) is 1. The van der Waals surface area contributed by atoms with Crippen molar-refractivity contribution in [2.24, 2.45) is 5.73 Å². The van der Waals surface area contributed by atoms with Crippen molar-refractivity contribution in [1.82, 2.24) is 4.90 Å². The largest absolute Gasteiger partial charge is 0.459 e.